The van der Waals surface area contributed by atoms with Crippen molar-refractivity contribution < 1.29 is 0 Å². The lowest BCUT2D eigenvalue weighted by Crippen LogP contribution is -2.66. The van der Waals surface area contributed by atoms with Crippen molar-refractivity contribution in [1.82, 2.24) is 10.2 Å². The van der Waals surface area contributed by atoms with Crippen molar-refractivity contribution in [2.45, 2.75) is 65.6 Å². The van der Waals surface area contributed by atoms with Gasteiger partial charge in [0.05, 0.1) is 0 Å². The van der Waals surface area contributed by atoms with E-state index >= 15 is 0 Å². The van der Waals surface area contributed by atoms with Gasteiger partial charge in [-0.05, 0) is 23.8 Å². The van der Waals surface area contributed by atoms with E-state index in [-0.39, 0.29) is 0 Å². The summed E-state index contributed by atoms with van der Waals surface area (Å²) in [7, 11) is 0. The third-order valence-electron chi connectivity index (χ3n) is 5.33. The molecule has 1 unspecified atom stereocenters. The fraction of sp³-hybridized carbons (Fsp3) is 0.684. The van der Waals surface area contributed by atoms with E-state index in [1.165, 1.54) is 18.4 Å². The predicted molar refractivity (Wildman–Crippen MR) is 91.4 cm³/mol. The van der Waals surface area contributed by atoms with Gasteiger partial charge in [-0.15, -0.1) is 0 Å². The van der Waals surface area contributed by atoms with Crippen LogP contribution in [-0.4, -0.2) is 29.6 Å². The summed E-state index contributed by atoms with van der Waals surface area (Å²) in [5.74, 6) is 0. The van der Waals surface area contributed by atoms with Crippen molar-refractivity contribution >= 4 is 0 Å². The van der Waals surface area contributed by atoms with Gasteiger partial charge in [0.2, 0.25) is 0 Å². The third-order valence-corrected chi connectivity index (χ3v) is 5.33. The number of nitrogens with one attached hydrogen (secondary N) is 1. The molecule has 0 saturated carbocycles. The minimum Gasteiger partial charge on any atom is -0.310 e. The molecule has 1 aliphatic rings. The van der Waals surface area contributed by atoms with Gasteiger partial charge < -0.3 is 5.32 Å². The molecular formula is C19H32N2. The second kappa shape index (κ2) is 6.50. The second-order valence-corrected chi connectivity index (χ2v) is 7.60. The number of benzene rings is 1. The van der Waals surface area contributed by atoms with Crippen molar-refractivity contribution in [3.8, 4) is 0 Å². The molecule has 0 spiro atoms. The average molecular weight is 288 g/mol. The van der Waals surface area contributed by atoms with Crippen LogP contribution in [0.1, 0.15) is 53.0 Å². The van der Waals surface area contributed by atoms with Crippen LogP contribution in [0.2, 0.25) is 0 Å². The van der Waals surface area contributed by atoms with Gasteiger partial charge in [0.15, 0.2) is 0 Å². The number of hydrogen-bond acceptors (Lipinski definition) is 2. The monoisotopic (exact) mass is 288 g/mol. The smallest absolute Gasteiger partial charge is 0.0333 e. The van der Waals surface area contributed by atoms with Crippen LogP contribution < -0.4 is 5.32 Å². The molecule has 0 aliphatic carbocycles. The largest absolute Gasteiger partial charge is 0.310 e. The summed E-state index contributed by atoms with van der Waals surface area (Å²) >= 11 is 0. The van der Waals surface area contributed by atoms with Gasteiger partial charge in [-0.25, -0.2) is 0 Å². The summed E-state index contributed by atoms with van der Waals surface area (Å²) in [6.07, 6.45) is 2.42. The van der Waals surface area contributed by atoms with Crippen molar-refractivity contribution in [3.63, 3.8) is 0 Å². The molecule has 1 aliphatic heterocycles. The first-order valence-electron chi connectivity index (χ1n) is 8.43. The molecule has 0 bridgehead atoms. The van der Waals surface area contributed by atoms with Gasteiger partial charge in [0.25, 0.3) is 0 Å². The molecule has 0 aromatic heterocycles. The number of hydrogen-bond donors (Lipinski definition) is 1. The molecule has 21 heavy (non-hydrogen) atoms. The summed E-state index contributed by atoms with van der Waals surface area (Å²) < 4.78 is 0. The Hall–Kier alpha value is -0.860. The first-order chi connectivity index (χ1) is 9.91. The molecule has 1 aromatic carbocycles. The fourth-order valence-electron chi connectivity index (χ4n) is 3.47. The van der Waals surface area contributed by atoms with E-state index in [9.17, 15) is 0 Å². The van der Waals surface area contributed by atoms with E-state index in [4.69, 9.17) is 0 Å². The van der Waals surface area contributed by atoms with Crippen LogP contribution in [-0.2, 0) is 6.54 Å². The molecule has 2 nitrogen and oxygen atoms in total. The minimum absolute atomic E-state index is 0.303. The van der Waals surface area contributed by atoms with E-state index in [0.717, 1.165) is 19.6 Å². The van der Waals surface area contributed by atoms with E-state index in [1.54, 1.807) is 0 Å². The van der Waals surface area contributed by atoms with E-state index in [0.29, 0.717) is 17.0 Å². The Bertz CT molecular complexity index is 429. The third kappa shape index (κ3) is 3.67. The molecular weight excluding hydrogens is 256 g/mol. The van der Waals surface area contributed by atoms with Crippen molar-refractivity contribution in [2.75, 3.05) is 13.1 Å². The summed E-state index contributed by atoms with van der Waals surface area (Å²) in [6.45, 7) is 15.0. The Morgan fingerprint density at radius 2 is 1.76 bits per heavy atom. The van der Waals surface area contributed by atoms with Crippen LogP contribution in [0, 0.1) is 5.41 Å². The summed E-state index contributed by atoms with van der Waals surface area (Å²) in [6, 6.07) is 11.5. The number of nitrogens with zero attached hydrogens (tertiary/aromatic N) is 1. The van der Waals surface area contributed by atoms with Crippen LogP contribution in [0.3, 0.4) is 0 Å². The quantitative estimate of drug-likeness (QED) is 0.898. The molecule has 1 atom stereocenters. The molecule has 1 saturated heterocycles. The molecule has 118 valence electrons. The lowest BCUT2D eigenvalue weighted by Gasteiger charge is -2.52. The van der Waals surface area contributed by atoms with Crippen LogP contribution in [0.15, 0.2) is 30.3 Å². The Morgan fingerprint density at radius 1 is 1.14 bits per heavy atom. The Kier molecular flexibility index (Phi) is 5.11. The topological polar surface area (TPSA) is 15.3 Å². The van der Waals surface area contributed by atoms with E-state index < -0.39 is 0 Å². The van der Waals surface area contributed by atoms with Gasteiger partial charge in [0.1, 0.15) is 0 Å². The molecule has 0 radical (unpaired) electrons. The fourth-order valence-corrected chi connectivity index (χ4v) is 3.47. The zero-order valence-electron chi connectivity index (χ0n) is 14.4. The normalized spacial score (nSPS) is 23.2. The highest BCUT2D eigenvalue weighted by Gasteiger charge is 2.41. The van der Waals surface area contributed by atoms with Crippen molar-refractivity contribution in [3.05, 3.63) is 35.9 Å². The Balaban J connectivity index is 2.21. The average Bonchev–Trinajstić information content (AvgIpc) is 2.47. The number of rotatable bonds is 4. The molecule has 1 heterocycles. The van der Waals surface area contributed by atoms with Crippen LogP contribution in [0.25, 0.3) is 0 Å². The van der Waals surface area contributed by atoms with Crippen LogP contribution in [0.5, 0.6) is 0 Å². The van der Waals surface area contributed by atoms with Gasteiger partial charge in [-0.1, -0.05) is 65.0 Å². The van der Waals surface area contributed by atoms with Crippen molar-refractivity contribution in [1.29, 1.82) is 0 Å². The standard InChI is InChI=1S/C19H32N2/c1-6-19(7-2)15-20-17(18(3,4)5)14-21(19)13-16-11-9-8-10-12-16/h8-12,17,20H,6-7,13-15H2,1-5H3. The molecule has 1 N–H and O–H groups in total. The molecule has 0 amide bonds. The van der Waals surface area contributed by atoms with E-state index in [1.807, 2.05) is 0 Å². The molecule has 1 fully saturated rings. The minimum atomic E-state index is 0.303. The van der Waals surface area contributed by atoms with Gasteiger partial charge >= 0.3 is 0 Å². The Morgan fingerprint density at radius 3 is 2.29 bits per heavy atom. The van der Waals surface area contributed by atoms with Gasteiger partial charge in [-0.2, -0.15) is 0 Å². The molecule has 2 rings (SSSR count). The zero-order valence-corrected chi connectivity index (χ0v) is 14.4. The molecule has 2 heteroatoms. The van der Waals surface area contributed by atoms with Crippen molar-refractivity contribution in [2.24, 2.45) is 5.41 Å². The summed E-state index contributed by atoms with van der Waals surface area (Å²) in [5.41, 5.74) is 2.04. The maximum absolute atomic E-state index is 3.83. The van der Waals surface area contributed by atoms with Gasteiger partial charge in [0, 0.05) is 31.2 Å². The zero-order chi connectivity index (χ0) is 15.5. The lowest BCUT2D eigenvalue weighted by atomic mass is 9.80. The lowest BCUT2D eigenvalue weighted by molar-refractivity contribution is 0.00146. The first kappa shape index (κ1) is 16.5. The first-order valence-corrected chi connectivity index (χ1v) is 8.43. The predicted octanol–water partition coefficient (Wildman–Crippen LogP) is 4.07. The van der Waals surface area contributed by atoms with Crippen LogP contribution >= 0.6 is 0 Å². The number of piperazine rings is 1. The second-order valence-electron chi connectivity index (χ2n) is 7.60. The maximum atomic E-state index is 3.83. The van der Waals surface area contributed by atoms with Gasteiger partial charge in [-0.3, -0.25) is 4.90 Å². The highest BCUT2D eigenvalue weighted by Crippen LogP contribution is 2.33. The molecule has 1 aromatic rings. The highest BCUT2D eigenvalue weighted by atomic mass is 15.3. The van der Waals surface area contributed by atoms with Crippen LogP contribution in [0.4, 0.5) is 0 Å². The highest BCUT2D eigenvalue weighted by molar-refractivity contribution is 5.16. The summed E-state index contributed by atoms with van der Waals surface area (Å²) in [5, 5.41) is 3.83. The SMILES string of the molecule is CCC1(CC)CNC(C(C)(C)C)CN1Cc1ccccc1. The summed E-state index contributed by atoms with van der Waals surface area (Å²) in [4.78, 5) is 2.73. The maximum Gasteiger partial charge on any atom is 0.0333 e. The Labute approximate surface area is 130 Å². The van der Waals surface area contributed by atoms with E-state index in [2.05, 4.69) is 75.2 Å².